The molecule has 20 heavy (non-hydrogen) atoms. The Morgan fingerprint density at radius 1 is 1.20 bits per heavy atom. The molecule has 0 spiro atoms. The third-order valence-electron chi connectivity index (χ3n) is 2.93. The van der Waals surface area contributed by atoms with Gasteiger partial charge in [-0.2, -0.15) is 4.31 Å². The van der Waals surface area contributed by atoms with E-state index in [0.29, 0.717) is 12.1 Å². The van der Waals surface area contributed by atoms with Gasteiger partial charge in [-0.3, -0.25) is 0 Å². The van der Waals surface area contributed by atoms with Gasteiger partial charge in [-0.1, -0.05) is 30.3 Å². The Balaban J connectivity index is 2.99. The van der Waals surface area contributed by atoms with E-state index in [0.717, 1.165) is 5.56 Å². The van der Waals surface area contributed by atoms with Crippen LogP contribution in [0.3, 0.4) is 0 Å². The summed E-state index contributed by atoms with van der Waals surface area (Å²) in [4.78, 5) is 0. The molecule has 0 unspecified atom stereocenters. The largest absolute Gasteiger partial charge is 0.392 e. The lowest BCUT2D eigenvalue weighted by Gasteiger charge is -2.33. The molecular formula is C15H23NO3S. The molecular weight excluding hydrogens is 274 g/mol. The first-order valence-corrected chi connectivity index (χ1v) is 8.11. The minimum Gasteiger partial charge on any atom is -0.392 e. The van der Waals surface area contributed by atoms with Gasteiger partial charge < -0.3 is 5.11 Å². The highest BCUT2D eigenvalue weighted by Gasteiger charge is 2.31. The lowest BCUT2D eigenvalue weighted by Crippen LogP contribution is -2.46. The molecule has 0 bridgehead atoms. The van der Waals surface area contributed by atoms with Gasteiger partial charge in [-0.15, -0.1) is 6.58 Å². The molecule has 0 saturated heterocycles. The second-order valence-corrected chi connectivity index (χ2v) is 7.61. The monoisotopic (exact) mass is 297 g/mol. The van der Waals surface area contributed by atoms with Crippen LogP contribution in [-0.4, -0.2) is 29.9 Å². The van der Waals surface area contributed by atoms with Crippen LogP contribution in [-0.2, 0) is 22.4 Å². The van der Waals surface area contributed by atoms with Crippen LogP contribution in [0, 0.1) is 0 Å². The molecule has 1 N–H and O–H groups in total. The molecule has 0 radical (unpaired) electrons. The fourth-order valence-electron chi connectivity index (χ4n) is 1.95. The maximum Gasteiger partial charge on any atom is 0.219 e. The molecule has 0 saturated carbocycles. The molecule has 0 aliphatic heterocycles. The maximum absolute atomic E-state index is 12.5. The van der Waals surface area contributed by atoms with Gasteiger partial charge in [-0.05, 0) is 31.9 Å². The number of rotatable bonds is 6. The number of hydrogen-bond acceptors (Lipinski definition) is 3. The predicted molar refractivity (Wildman–Crippen MR) is 81.6 cm³/mol. The summed E-state index contributed by atoms with van der Waals surface area (Å²) < 4.78 is 26.5. The van der Waals surface area contributed by atoms with Crippen LogP contribution in [0.4, 0.5) is 0 Å². The van der Waals surface area contributed by atoms with Crippen molar-refractivity contribution < 1.29 is 13.5 Å². The maximum atomic E-state index is 12.5. The van der Waals surface area contributed by atoms with Crippen molar-refractivity contribution >= 4 is 10.0 Å². The van der Waals surface area contributed by atoms with Crippen molar-refractivity contribution in [2.24, 2.45) is 0 Å². The van der Waals surface area contributed by atoms with E-state index in [1.165, 1.54) is 4.31 Å². The highest BCUT2D eigenvalue weighted by Crippen LogP contribution is 2.21. The third kappa shape index (κ3) is 4.44. The Morgan fingerprint density at radius 2 is 1.70 bits per heavy atom. The molecule has 4 nitrogen and oxygen atoms in total. The minimum absolute atomic E-state index is 0.0440. The van der Waals surface area contributed by atoms with Gasteiger partial charge >= 0.3 is 0 Å². The van der Waals surface area contributed by atoms with Crippen LogP contribution >= 0.6 is 0 Å². The Labute approximate surface area is 121 Å². The molecule has 0 fully saturated rings. The molecule has 0 atom stereocenters. The molecule has 1 aromatic rings. The first-order chi connectivity index (χ1) is 9.20. The van der Waals surface area contributed by atoms with Gasteiger partial charge in [0.15, 0.2) is 0 Å². The standard InChI is InChI=1S/C15H23NO3S/c1-5-10-16(15(2,3)4)20(18,19)12-14-8-6-13(11-17)7-9-14/h5-9,17H,1,10-12H2,2-4H3. The molecule has 0 aliphatic rings. The van der Waals surface area contributed by atoms with E-state index in [2.05, 4.69) is 6.58 Å². The highest BCUT2D eigenvalue weighted by atomic mass is 32.2. The highest BCUT2D eigenvalue weighted by molar-refractivity contribution is 7.88. The summed E-state index contributed by atoms with van der Waals surface area (Å²) in [6.07, 6.45) is 1.59. The van der Waals surface area contributed by atoms with Crippen molar-refractivity contribution in [3.63, 3.8) is 0 Å². The van der Waals surface area contributed by atoms with Crippen LogP contribution < -0.4 is 0 Å². The Bertz CT molecular complexity index is 541. The van der Waals surface area contributed by atoms with Gasteiger partial charge in [0, 0.05) is 12.1 Å². The Hall–Kier alpha value is -1.17. The molecule has 1 rings (SSSR count). The molecule has 5 heteroatoms. The van der Waals surface area contributed by atoms with E-state index in [-0.39, 0.29) is 12.4 Å². The van der Waals surface area contributed by atoms with Gasteiger partial charge in [-0.25, -0.2) is 8.42 Å². The van der Waals surface area contributed by atoms with Crippen LogP contribution in [0.2, 0.25) is 0 Å². The second-order valence-electron chi connectivity index (χ2n) is 5.72. The first kappa shape index (κ1) is 16.9. The smallest absolute Gasteiger partial charge is 0.219 e. The van der Waals surface area contributed by atoms with Crippen LogP contribution in [0.1, 0.15) is 31.9 Å². The summed E-state index contributed by atoms with van der Waals surface area (Å²) in [6, 6.07) is 6.94. The molecule has 0 amide bonds. The summed E-state index contributed by atoms with van der Waals surface area (Å²) in [5, 5.41) is 8.99. The minimum atomic E-state index is -3.42. The third-order valence-corrected chi connectivity index (χ3v) is 5.00. The van der Waals surface area contributed by atoms with Crippen LogP contribution in [0.15, 0.2) is 36.9 Å². The van der Waals surface area contributed by atoms with Gasteiger partial charge in [0.1, 0.15) is 0 Å². The van der Waals surface area contributed by atoms with Gasteiger partial charge in [0.05, 0.1) is 12.4 Å². The average Bonchev–Trinajstić information content (AvgIpc) is 2.35. The molecule has 0 heterocycles. The van der Waals surface area contributed by atoms with Crippen molar-refractivity contribution in [1.82, 2.24) is 4.31 Å². The van der Waals surface area contributed by atoms with Crippen molar-refractivity contribution in [1.29, 1.82) is 0 Å². The number of aliphatic hydroxyl groups is 1. The van der Waals surface area contributed by atoms with Crippen molar-refractivity contribution in [2.45, 2.75) is 38.7 Å². The van der Waals surface area contributed by atoms with Crippen LogP contribution in [0.25, 0.3) is 0 Å². The molecule has 0 aromatic heterocycles. The zero-order chi connectivity index (χ0) is 15.4. The fourth-order valence-corrected chi connectivity index (χ4v) is 3.89. The average molecular weight is 297 g/mol. The number of hydrogen-bond donors (Lipinski definition) is 1. The Kier molecular flexibility index (Phi) is 5.50. The fraction of sp³-hybridized carbons (Fsp3) is 0.467. The van der Waals surface area contributed by atoms with Crippen LogP contribution in [0.5, 0.6) is 0 Å². The number of nitrogens with zero attached hydrogens (tertiary/aromatic N) is 1. The first-order valence-electron chi connectivity index (χ1n) is 6.51. The van der Waals surface area contributed by atoms with E-state index in [9.17, 15) is 8.42 Å². The summed E-state index contributed by atoms with van der Waals surface area (Å²) in [7, 11) is -3.42. The van der Waals surface area contributed by atoms with E-state index in [4.69, 9.17) is 5.11 Å². The summed E-state index contributed by atoms with van der Waals surface area (Å²) in [5.74, 6) is -0.0518. The SMILES string of the molecule is C=CCN(C(C)(C)C)S(=O)(=O)Cc1ccc(CO)cc1. The van der Waals surface area contributed by atoms with E-state index >= 15 is 0 Å². The van der Waals surface area contributed by atoms with Crippen molar-refractivity contribution in [3.8, 4) is 0 Å². The number of aliphatic hydroxyl groups excluding tert-OH is 1. The number of benzene rings is 1. The van der Waals surface area contributed by atoms with E-state index in [1.54, 1.807) is 30.3 Å². The Morgan fingerprint density at radius 3 is 2.10 bits per heavy atom. The zero-order valence-corrected chi connectivity index (χ0v) is 13.2. The van der Waals surface area contributed by atoms with Crippen molar-refractivity contribution in [3.05, 3.63) is 48.0 Å². The second kappa shape index (κ2) is 6.52. The van der Waals surface area contributed by atoms with Gasteiger partial charge in [0.25, 0.3) is 0 Å². The normalized spacial score (nSPS) is 12.7. The topological polar surface area (TPSA) is 57.6 Å². The summed E-state index contributed by atoms with van der Waals surface area (Å²) in [6.45, 7) is 9.46. The summed E-state index contributed by atoms with van der Waals surface area (Å²) in [5.41, 5.74) is 0.989. The lowest BCUT2D eigenvalue weighted by atomic mass is 10.1. The van der Waals surface area contributed by atoms with E-state index in [1.807, 2.05) is 20.8 Å². The molecule has 1 aromatic carbocycles. The molecule has 0 aliphatic carbocycles. The molecule has 112 valence electrons. The van der Waals surface area contributed by atoms with Crippen molar-refractivity contribution in [2.75, 3.05) is 6.54 Å². The van der Waals surface area contributed by atoms with Gasteiger partial charge in [0.2, 0.25) is 10.0 Å². The zero-order valence-electron chi connectivity index (χ0n) is 12.3. The lowest BCUT2D eigenvalue weighted by molar-refractivity contribution is 0.269. The predicted octanol–water partition coefficient (Wildman–Crippen LogP) is 2.30. The number of sulfonamides is 1. The quantitative estimate of drug-likeness (QED) is 0.820. The van der Waals surface area contributed by atoms with E-state index < -0.39 is 15.6 Å². The summed E-state index contributed by atoms with van der Waals surface area (Å²) >= 11 is 0.